The third-order valence-corrected chi connectivity index (χ3v) is 2.55. The quantitative estimate of drug-likeness (QED) is 0.702. The molecule has 0 bridgehead atoms. The number of carbonyl (C=O) groups is 1. The first-order valence-electron chi connectivity index (χ1n) is 6.96. The highest BCUT2D eigenvalue weighted by atomic mass is 16.5. The molecule has 0 heterocycles. The van der Waals surface area contributed by atoms with E-state index in [4.69, 9.17) is 14.2 Å². The van der Waals surface area contributed by atoms with Crippen LogP contribution in [0, 0.1) is 0 Å². The minimum atomic E-state index is -0.462. The molecule has 1 N–H and O–H groups in total. The van der Waals surface area contributed by atoms with Gasteiger partial charge in [0.25, 0.3) is 0 Å². The van der Waals surface area contributed by atoms with Crippen LogP contribution in [-0.4, -0.2) is 38.4 Å². The van der Waals surface area contributed by atoms with E-state index >= 15 is 0 Å². The predicted octanol–water partition coefficient (Wildman–Crippen LogP) is 2.01. The van der Waals surface area contributed by atoms with Crippen LogP contribution in [0.25, 0.3) is 0 Å². The Labute approximate surface area is 120 Å². The van der Waals surface area contributed by atoms with Crippen LogP contribution in [0.15, 0.2) is 24.3 Å². The van der Waals surface area contributed by atoms with Crippen molar-refractivity contribution in [3.63, 3.8) is 0 Å². The van der Waals surface area contributed by atoms with Crippen molar-refractivity contribution in [1.82, 2.24) is 5.32 Å². The number of ether oxygens (including phenoxy) is 3. The molecule has 0 radical (unpaired) electrons. The van der Waals surface area contributed by atoms with Crippen molar-refractivity contribution in [1.29, 1.82) is 0 Å². The van der Waals surface area contributed by atoms with E-state index in [1.165, 1.54) is 0 Å². The Bertz CT molecular complexity index is 409. The Balaban J connectivity index is 2.57. The van der Waals surface area contributed by atoms with Gasteiger partial charge >= 0.3 is 5.97 Å². The largest absolute Gasteiger partial charge is 0.494 e. The second-order valence-corrected chi connectivity index (χ2v) is 4.08. The molecule has 112 valence electrons. The highest BCUT2D eigenvalue weighted by Gasteiger charge is 2.19. The summed E-state index contributed by atoms with van der Waals surface area (Å²) in [6, 6.07) is 6.89. The third kappa shape index (κ3) is 5.48. The van der Waals surface area contributed by atoms with E-state index in [-0.39, 0.29) is 12.6 Å². The fourth-order valence-electron chi connectivity index (χ4n) is 1.70. The lowest BCUT2D eigenvalue weighted by molar-refractivity contribution is -0.146. The SMILES string of the molecule is CCNC(COc1cccc(OCC)c1)C(=O)OCC. The van der Waals surface area contributed by atoms with Gasteiger partial charge in [-0.2, -0.15) is 0 Å². The Morgan fingerprint density at radius 2 is 1.85 bits per heavy atom. The van der Waals surface area contributed by atoms with E-state index in [0.717, 1.165) is 5.75 Å². The molecule has 0 saturated heterocycles. The van der Waals surface area contributed by atoms with Crippen LogP contribution >= 0.6 is 0 Å². The molecular formula is C15H23NO4. The highest BCUT2D eigenvalue weighted by Crippen LogP contribution is 2.19. The van der Waals surface area contributed by atoms with Crippen molar-refractivity contribution in [3.05, 3.63) is 24.3 Å². The zero-order valence-corrected chi connectivity index (χ0v) is 12.3. The molecule has 0 aliphatic heterocycles. The third-order valence-electron chi connectivity index (χ3n) is 2.55. The number of rotatable bonds is 9. The van der Waals surface area contributed by atoms with Crippen molar-refractivity contribution < 1.29 is 19.0 Å². The lowest BCUT2D eigenvalue weighted by atomic mass is 10.3. The molecule has 0 aliphatic carbocycles. The maximum Gasteiger partial charge on any atom is 0.326 e. The number of likely N-dealkylation sites (N-methyl/N-ethyl adjacent to an activating group) is 1. The number of nitrogens with one attached hydrogen (secondary N) is 1. The van der Waals surface area contributed by atoms with Gasteiger partial charge in [-0.3, -0.25) is 4.79 Å². The van der Waals surface area contributed by atoms with Crippen LogP contribution in [0.3, 0.4) is 0 Å². The average molecular weight is 281 g/mol. The molecule has 1 aromatic rings. The van der Waals surface area contributed by atoms with E-state index in [1.807, 2.05) is 32.0 Å². The van der Waals surface area contributed by atoms with Gasteiger partial charge in [-0.15, -0.1) is 0 Å². The van der Waals surface area contributed by atoms with Crippen molar-refractivity contribution >= 4 is 5.97 Å². The van der Waals surface area contributed by atoms with E-state index in [1.54, 1.807) is 13.0 Å². The van der Waals surface area contributed by atoms with Crippen LogP contribution in [0.2, 0.25) is 0 Å². The molecule has 0 aliphatic rings. The van der Waals surface area contributed by atoms with Gasteiger partial charge in [0, 0.05) is 6.07 Å². The zero-order chi connectivity index (χ0) is 14.8. The summed E-state index contributed by atoms with van der Waals surface area (Å²) in [6.45, 7) is 7.51. The second-order valence-electron chi connectivity index (χ2n) is 4.08. The first kappa shape index (κ1) is 16.3. The minimum absolute atomic E-state index is 0.224. The van der Waals surface area contributed by atoms with Gasteiger partial charge in [-0.1, -0.05) is 13.0 Å². The van der Waals surface area contributed by atoms with Crippen molar-refractivity contribution in [2.24, 2.45) is 0 Å². The molecule has 1 unspecified atom stereocenters. The molecular weight excluding hydrogens is 258 g/mol. The maximum atomic E-state index is 11.7. The number of hydrogen-bond acceptors (Lipinski definition) is 5. The van der Waals surface area contributed by atoms with Crippen LogP contribution in [0.5, 0.6) is 11.5 Å². The molecule has 20 heavy (non-hydrogen) atoms. The molecule has 0 fully saturated rings. The molecule has 0 amide bonds. The lowest BCUT2D eigenvalue weighted by Gasteiger charge is -2.17. The number of hydrogen-bond donors (Lipinski definition) is 1. The molecule has 1 aromatic carbocycles. The zero-order valence-electron chi connectivity index (χ0n) is 12.3. The number of esters is 1. The van der Waals surface area contributed by atoms with Gasteiger partial charge in [-0.25, -0.2) is 0 Å². The summed E-state index contributed by atoms with van der Waals surface area (Å²) in [7, 11) is 0. The summed E-state index contributed by atoms with van der Waals surface area (Å²) in [5.41, 5.74) is 0. The molecule has 5 nitrogen and oxygen atoms in total. The van der Waals surface area contributed by atoms with E-state index in [0.29, 0.717) is 25.5 Å². The van der Waals surface area contributed by atoms with Crippen molar-refractivity contribution in [2.45, 2.75) is 26.8 Å². The standard InChI is InChI=1S/C15H23NO4/c1-4-16-14(15(17)19-6-3)11-20-13-9-7-8-12(10-13)18-5-2/h7-10,14,16H,4-6,11H2,1-3H3. The molecule has 5 heteroatoms. The fraction of sp³-hybridized carbons (Fsp3) is 0.533. The number of carbonyl (C=O) groups excluding carboxylic acids is 1. The minimum Gasteiger partial charge on any atom is -0.494 e. The maximum absolute atomic E-state index is 11.7. The van der Waals surface area contributed by atoms with Crippen LogP contribution in [-0.2, 0) is 9.53 Å². The van der Waals surface area contributed by atoms with E-state index in [9.17, 15) is 4.79 Å². The van der Waals surface area contributed by atoms with Crippen LogP contribution in [0.4, 0.5) is 0 Å². The predicted molar refractivity (Wildman–Crippen MR) is 77.2 cm³/mol. The average Bonchev–Trinajstić information content (AvgIpc) is 2.44. The molecule has 0 aromatic heterocycles. The second kappa shape index (κ2) is 9.20. The Kier molecular flexibility index (Phi) is 7.50. The number of benzene rings is 1. The first-order chi connectivity index (χ1) is 9.71. The van der Waals surface area contributed by atoms with Gasteiger partial charge in [-0.05, 0) is 32.5 Å². The van der Waals surface area contributed by atoms with Gasteiger partial charge in [0.05, 0.1) is 13.2 Å². The summed E-state index contributed by atoms with van der Waals surface area (Å²) in [5, 5.41) is 3.05. The normalized spacial score (nSPS) is 11.8. The van der Waals surface area contributed by atoms with Gasteiger partial charge in [0.2, 0.25) is 0 Å². The fourth-order valence-corrected chi connectivity index (χ4v) is 1.70. The topological polar surface area (TPSA) is 56.8 Å². The molecule has 1 rings (SSSR count). The van der Waals surface area contributed by atoms with E-state index < -0.39 is 6.04 Å². The molecule has 0 spiro atoms. The van der Waals surface area contributed by atoms with Crippen LogP contribution < -0.4 is 14.8 Å². The highest BCUT2D eigenvalue weighted by molar-refractivity contribution is 5.76. The Morgan fingerprint density at radius 1 is 1.15 bits per heavy atom. The van der Waals surface area contributed by atoms with Crippen LogP contribution in [0.1, 0.15) is 20.8 Å². The molecule has 1 atom stereocenters. The summed E-state index contributed by atoms with van der Waals surface area (Å²) in [6.07, 6.45) is 0. The smallest absolute Gasteiger partial charge is 0.326 e. The van der Waals surface area contributed by atoms with Gasteiger partial charge in [0.15, 0.2) is 0 Å². The first-order valence-corrected chi connectivity index (χ1v) is 6.96. The summed E-state index contributed by atoms with van der Waals surface area (Å²) < 4.78 is 16.0. The van der Waals surface area contributed by atoms with Crippen molar-refractivity contribution in [2.75, 3.05) is 26.4 Å². The summed E-state index contributed by atoms with van der Waals surface area (Å²) >= 11 is 0. The Hall–Kier alpha value is -1.75. The summed E-state index contributed by atoms with van der Waals surface area (Å²) in [4.78, 5) is 11.7. The van der Waals surface area contributed by atoms with Gasteiger partial charge in [0.1, 0.15) is 24.1 Å². The Morgan fingerprint density at radius 3 is 2.45 bits per heavy atom. The monoisotopic (exact) mass is 281 g/mol. The lowest BCUT2D eigenvalue weighted by Crippen LogP contribution is -2.42. The van der Waals surface area contributed by atoms with Gasteiger partial charge < -0.3 is 19.5 Å². The van der Waals surface area contributed by atoms with E-state index in [2.05, 4.69) is 5.32 Å². The molecule has 0 saturated carbocycles. The van der Waals surface area contributed by atoms with Crippen molar-refractivity contribution in [3.8, 4) is 11.5 Å². The summed E-state index contributed by atoms with van der Waals surface area (Å²) in [5.74, 6) is 1.12.